The van der Waals surface area contributed by atoms with E-state index < -0.39 is 0 Å². The molecule has 1 unspecified atom stereocenters. The number of anilines is 1. The Balaban J connectivity index is 1.44. The molecule has 0 aliphatic carbocycles. The van der Waals surface area contributed by atoms with E-state index in [0.29, 0.717) is 16.6 Å². The van der Waals surface area contributed by atoms with Gasteiger partial charge in [0, 0.05) is 18.0 Å². The number of nitrogens with zero attached hydrogens (tertiary/aromatic N) is 3. The molecule has 0 saturated carbocycles. The van der Waals surface area contributed by atoms with Crippen LogP contribution in [0.25, 0.3) is 10.6 Å². The average molecular weight is 365 g/mol. The summed E-state index contributed by atoms with van der Waals surface area (Å²) in [4.78, 5) is 16.8. The third kappa shape index (κ3) is 3.95. The number of carbonyl (C=O) groups excluding carboxylic acids is 1. The second-order valence-electron chi connectivity index (χ2n) is 6.38. The maximum Gasteiger partial charge on any atom is 0.259 e. The Morgan fingerprint density at radius 2 is 2.12 bits per heavy atom. The smallest absolute Gasteiger partial charge is 0.259 e. The molecule has 1 aliphatic heterocycles. The molecule has 0 bridgehead atoms. The second kappa shape index (κ2) is 7.72. The normalized spacial score (nSPS) is 16.5. The summed E-state index contributed by atoms with van der Waals surface area (Å²) < 4.78 is 0. The van der Waals surface area contributed by atoms with Crippen molar-refractivity contribution in [1.29, 1.82) is 0 Å². The van der Waals surface area contributed by atoms with Gasteiger partial charge in [-0.3, -0.25) is 15.1 Å². The van der Waals surface area contributed by atoms with Gasteiger partial charge in [0.25, 0.3) is 5.91 Å². The van der Waals surface area contributed by atoms with Crippen LogP contribution in [0.3, 0.4) is 0 Å². The lowest BCUT2D eigenvalue weighted by molar-refractivity contribution is 0.102. The summed E-state index contributed by atoms with van der Waals surface area (Å²) in [6.07, 6.45) is 5.54. The SMILES string of the molecule is O=C(Nc1nnc(-c2ccccc2)s1)c1cncc(CC2CCNC2)c1. The highest BCUT2D eigenvalue weighted by Crippen LogP contribution is 2.26. The van der Waals surface area contributed by atoms with Crippen LogP contribution in [0.15, 0.2) is 48.8 Å². The fourth-order valence-electron chi connectivity index (χ4n) is 3.09. The zero-order chi connectivity index (χ0) is 17.8. The predicted octanol–water partition coefficient (Wildman–Crippen LogP) is 3.00. The highest BCUT2D eigenvalue weighted by molar-refractivity contribution is 7.18. The lowest BCUT2D eigenvalue weighted by atomic mass is 9.99. The summed E-state index contributed by atoms with van der Waals surface area (Å²) in [5.41, 5.74) is 2.62. The van der Waals surface area contributed by atoms with Crippen molar-refractivity contribution in [3.05, 3.63) is 59.9 Å². The highest BCUT2D eigenvalue weighted by atomic mass is 32.1. The van der Waals surface area contributed by atoms with E-state index in [1.807, 2.05) is 42.6 Å². The molecule has 1 saturated heterocycles. The predicted molar refractivity (Wildman–Crippen MR) is 102 cm³/mol. The van der Waals surface area contributed by atoms with Crippen molar-refractivity contribution >= 4 is 22.4 Å². The molecule has 3 aromatic rings. The average Bonchev–Trinajstić information content (AvgIpc) is 3.35. The van der Waals surface area contributed by atoms with Crippen LogP contribution in [-0.4, -0.2) is 34.2 Å². The first-order chi connectivity index (χ1) is 12.8. The molecule has 0 spiro atoms. The van der Waals surface area contributed by atoms with E-state index in [1.165, 1.54) is 17.8 Å². The van der Waals surface area contributed by atoms with Gasteiger partial charge < -0.3 is 5.32 Å². The molecule has 7 heteroatoms. The van der Waals surface area contributed by atoms with Crippen molar-refractivity contribution in [1.82, 2.24) is 20.5 Å². The Hall–Kier alpha value is -2.64. The summed E-state index contributed by atoms with van der Waals surface area (Å²) in [6.45, 7) is 2.10. The third-order valence-corrected chi connectivity index (χ3v) is 5.30. The second-order valence-corrected chi connectivity index (χ2v) is 7.35. The number of pyridine rings is 1. The van der Waals surface area contributed by atoms with Crippen LogP contribution in [0, 0.1) is 5.92 Å². The van der Waals surface area contributed by atoms with E-state index in [0.717, 1.165) is 35.6 Å². The number of hydrogen-bond donors (Lipinski definition) is 2. The largest absolute Gasteiger partial charge is 0.316 e. The van der Waals surface area contributed by atoms with Gasteiger partial charge in [0.2, 0.25) is 5.13 Å². The minimum absolute atomic E-state index is 0.209. The molecule has 0 radical (unpaired) electrons. The van der Waals surface area contributed by atoms with Crippen LogP contribution in [-0.2, 0) is 6.42 Å². The molecule has 132 valence electrons. The van der Waals surface area contributed by atoms with Crippen LogP contribution >= 0.6 is 11.3 Å². The van der Waals surface area contributed by atoms with E-state index in [4.69, 9.17) is 0 Å². The van der Waals surface area contributed by atoms with E-state index in [2.05, 4.69) is 25.8 Å². The summed E-state index contributed by atoms with van der Waals surface area (Å²) in [6, 6.07) is 11.7. The summed E-state index contributed by atoms with van der Waals surface area (Å²) in [5.74, 6) is 0.409. The van der Waals surface area contributed by atoms with Crippen LogP contribution in [0.1, 0.15) is 22.3 Å². The Morgan fingerprint density at radius 1 is 1.23 bits per heavy atom. The van der Waals surface area contributed by atoms with Crippen LogP contribution in [0.2, 0.25) is 0 Å². The van der Waals surface area contributed by atoms with Crippen LogP contribution in [0.4, 0.5) is 5.13 Å². The van der Waals surface area contributed by atoms with Gasteiger partial charge in [-0.2, -0.15) is 0 Å². The molecule has 3 heterocycles. The maximum absolute atomic E-state index is 12.5. The van der Waals surface area contributed by atoms with E-state index >= 15 is 0 Å². The van der Waals surface area contributed by atoms with Gasteiger partial charge in [-0.1, -0.05) is 41.7 Å². The zero-order valence-corrected chi connectivity index (χ0v) is 15.0. The Bertz CT molecular complexity index is 890. The minimum atomic E-state index is -0.209. The number of amides is 1. The van der Waals surface area contributed by atoms with E-state index in [-0.39, 0.29) is 5.91 Å². The summed E-state index contributed by atoms with van der Waals surface area (Å²) in [7, 11) is 0. The van der Waals surface area contributed by atoms with Gasteiger partial charge in [0.05, 0.1) is 5.56 Å². The molecule has 6 nitrogen and oxygen atoms in total. The number of benzene rings is 1. The molecule has 2 N–H and O–H groups in total. The molecule has 26 heavy (non-hydrogen) atoms. The third-order valence-electron chi connectivity index (χ3n) is 4.41. The van der Waals surface area contributed by atoms with Gasteiger partial charge in [0.1, 0.15) is 5.01 Å². The quantitative estimate of drug-likeness (QED) is 0.727. The maximum atomic E-state index is 12.5. The fraction of sp³-hybridized carbons (Fsp3) is 0.263. The molecule has 1 atom stereocenters. The number of hydrogen-bond acceptors (Lipinski definition) is 6. The molecule has 1 amide bonds. The summed E-state index contributed by atoms with van der Waals surface area (Å²) in [5, 5.41) is 15.7. The minimum Gasteiger partial charge on any atom is -0.316 e. The van der Waals surface area contributed by atoms with Crippen LogP contribution in [0.5, 0.6) is 0 Å². The first-order valence-corrected chi connectivity index (χ1v) is 9.44. The molecule has 1 aliphatic rings. The summed E-state index contributed by atoms with van der Waals surface area (Å²) >= 11 is 1.36. The van der Waals surface area contributed by atoms with Crippen molar-refractivity contribution in [2.45, 2.75) is 12.8 Å². The van der Waals surface area contributed by atoms with Gasteiger partial charge in [-0.25, -0.2) is 0 Å². The van der Waals surface area contributed by atoms with Crippen molar-refractivity contribution in [3.63, 3.8) is 0 Å². The van der Waals surface area contributed by atoms with Gasteiger partial charge in [0.15, 0.2) is 0 Å². The van der Waals surface area contributed by atoms with E-state index in [9.17, 15) is 4.79 Å². The fourth-order valence-corrected chi connectivity index (χ4v) is 3.83. The number of rotatable bonds is 5. The number of nitrogens with one attached hydrogen (secondary N) is 2. The molecular weight excluding hydrogens is 346 g/mol. The Morgan fingerprint density at radius 3 is 2.92 bits per heavy atom. The van der Waals surface area contributed by atoms with Gasteiger partial charge >= 0.3 is 0 Å². The molecule has 1 fully saturated rings. The lowest BCUT2D eigenvalue weighted by Crippen LogP contribution is -2.14. The highest BCUT2D eigenvalue weighted by Gasteiger charge is 2.16. The topological polar surface area (TPSA) is 79.8 Å². The molecular formula is C19H19N5OS. The van der Waals surface area contributed by atoms with Crippen molar-refractivity contribution in [2.24, 2.45) is 5.92 Å². The Labute approximate surface area is 155 Å². The first-order valence-electron chi connectivity index (χ1n) is 8.63. The molecule has 4 rings (SSSR count). The Kier molecular flexibility index (Phi) is 4.99. The monoisotopic (exact) mass is 365 g/mol. The lowest BCUT2D eigenvalue weighted by Gasteiger charge is -2.09. The van der Waals surface area contributed by atoms with Gasteiger partial charge in [-0.15, -0.1) is 10.2 Å². The van der Waals surface area contributed by atoms with Crippen molar-refractivity contribution in [2.75, 3.05) is 18.4 Å². The van der Waals surface area contributed by atoms with E-state index in [1.54, 1.807) is 6.20 Å². The van der Waals surface area contributed by atoms with Crippen molar-refractivity contribution < 1.29 is 4.79 Å². The van der Waals surface area contributed by atoms with Gasteiger partial charge in [-0.05, 0) is 43.5 Å². The number of carbonyl (C=O) groups is 1. The molecule has 2 aromatic heterocycles. The number of aromatic nitrogens is 3. The van der Waals surface area contributed by atoms with Crippen molar-refractivity contribution in [3.8, 4) is 10.6 Å². The zero-order valence-electron chi connectivity index (χ0n) is 14.2. The first kappa shape index (κ1) is 16.8. The van der Waals surface area contributed by atoms with Crippen LogP contribution < -0.4 is 10.6 Å². The molecule has 1 aromatic carbocycles. The standard InChI is InChI=1S/C19H19N5OS/c25-17(16-9-14(11-21-12-16)8-13-6-7-20-10-13)22-19-24-23-18(26-19)15-4-2-1-3-5-15/h1-5,9,11-13,20H,6-8,10H2,(H,22,24,25).